The molecule has 0 aromatic rings. The van der Waals surface area contributed by atoms with Crippen LogP contribution in [0.5, 0.6) is 0 Å². The van der Waals surface area contributed by atoms with Gasteiger partial charge in [0.1, 0.15) is 13.2 Å². The van der Waals surface area contributed by atoms with Crippen LogP contribution in [0.15, 0.2) is 122 Å². The molecule has 0 bridgehead atoms. The Kier molecular flexibility index (Phi) is 40.3. The Hall–Kier alpha value is -4.19. The van der Waals surface area contributed by atoms with E-state index in [9.17, 15) is 14.4 Å². The van der Waals surface area contributed by atoms with Gasteiger partial charge in [0, 0.05) is 19.3 Å². The highest BCUT2D eigenvalue weighted by Gasteiger charge is 2.19. The van der Waals surface area contributed by atoms with Crippen molar-refractivity contribution >= 4 is 17.9 Å². The summed E-state index contributed by atoms with van der Waals surface area (Å²) in [5.74, 6) is -1.07. The van der Waals surface area contributed by atoms with Crippen LogP contribution in [0.25, 0.3) is 0 Å². The molecule has 0 fully saturated rings. The molecule has 1 unspecified atom stereocenters. The molecule has 0 aromatic carbocycles. The molecule has 0 saturated carbocycles. The van der Waals surface area contributed by atoms with E-state index in [4.69, 9.17) is 14.2 Å². The Morgan fingerprint density at radius 2 is 0.804 bits per heavy atom. The maximum Gasteiger partial charge on any atom is 0.306 e. The second-order valence-corrected chi connectivity index (χ2v) is 13.6. The quantitative estimate of drug-likeness (QED) is 0.0207. The average Bonchev–Trinajstić information content (AvgIpc) is 3.19. The maximum absolute atomic E-state index is 12.7. The van der Waals surface area contributed by atoms with Crippen LogP contribution in [0.4, 0.5) is 0 Å². The van der Waals surface area contributed by atoms with E-state index in [1.807, 2.05) is 54.7 Å². The largest absolute Gasteiger partial charge is 0.462 e. The van der Waals surface area contributed by atoms with E-state index >= 15 is 0 Å². The summed E-state index contributed by atoms with van der Waals surface area (Å²) in [7, 11) is 0. The second-order valence-electron chi connectivity index (χ2n) is 13.6. The molecule has 6 heteroatoms. The summed E-state index contributed by atoms with van der Waals surface area (Å²) in [5.41, 5.74) is 0. The van der Waals surface area contributed by atoms with E-state index in [0.29, 0.717) is 19.3 Å². The van der Waals surface area contributed by atoms with Gasteiger partial charge in [0.15, 0.2) is 6.10 Å². The van der Waals surface area contributed by atoms with Gasteiger partial charge < -0.3 is 14.2 Å². The Morgan fingerprint density at radius 1 is 0.393 bits per heavy atom. The van der Waals surface area contributed by atoms with E-state index in [1.54, 1.807) is 0 Å². The molecule has 0 amide bonds. The van der Waals surface area contributed by atoms with E-state index in [-0.39, 0.29) is 31.6 Å². The molecule has 0 radical (unpaired) electrons. The SMILES string of the molecule is CC\C=C/C=C\C=C/C=C\C=C/CCCC(=O)OC(COC(=O)CCCCC/C=C\C=C/CCCC)COC(=O)CCCCCC/C=C\C/C=C\C/C=C\CC. The summed E-state index contributed by atoms with van der Waals surface area (Å²) in [4.78, 5) is 37.6. The third-order valence-electron chi connectivity index (χ3n) is 8.34. The lowest BCUT2D eigenvalue weighted by Gasteiger charge is -2.18. The van der Waals surface area contributed by atoms with Crippen LogP contribution in [0.1, 0.15) is 156 Å². The minimum atomic E-state index is -0.836. The molecule has 0 N–H and O–H groups in total. The first-order valence-corrected chi connectivity index (χ1v) is 21.6. The van der Waals surface area contributed by atoms with Crippen molar-refractivity contribution in [3.05, 3.63) is 122 Å². The van der Waals surface area contributed by atoms with E-state index in [2.05, 4.69) is 87.6 Å². The number of rotatable bonds is 36. The highest BCUT2D eigenvalue weighted by molar-refractivity contribution is 5.71. The molecule has 6 nitrogen and oxygen atoms in total. The molecule has 0 rings (SSSR count). The molecule has 0 heterocycles. The lowest BCUT2D eigenvalue weighted by molar-refractivity contribution is -0.167. The fraction of sp³-hybridized carbons (Fsp3) is 0.540. The van der Waals surface area contributed by atoms with Crippen LogP contribution in [0.3, 0.4) is 0 Å². The lowest BCUT2D eigenvalue weighted by Crippen LogP contribution is -2.30. The Bertz CT molecular complexity index is 1260. The molecule has 0 aliphatic rings. The van der Waals surface area contributed by atoms with Crippen molar-refractivity contribution < 1.29 is 28.6 Å². The van der Waals surface area contributed by atoms with Gasteiger partial charge in [-0.2, -0.15) is 0 Å². The summed E-state index contributed by atoms with van der Waals surface area (Å²) in [6.45, 7) is 6.17. The van der Waals surface area contributed by atoms with Crippen LogP contribution in [-0.4, -0.2) is 37.2 Å². The Balaban J connectivity index is 4.61. The normalized spacial score (nSPS) is 13.3. The molecule has 0 aliphatic carbocycles. The molecule has 312 valence electrons. The molecule has 0 saturated heterocycles. The minimum absolute atomic E-state index is 0.131. The van der Waals surface area contributed by atoms with Crippen LogP contribution in [0, 0.1) is 0 Å². The fourth-order valence-electron chi connectivity index (χ4n) is 5.11. The van der Waals surface area contributed by atoms with Crippen molar-refractivity contribution in [2.75, 3.05) is 13.2 Å². The molecule has 0 aliphatic heterocycles. The van der Waals surface area contributed by atoms with E-state index in [1.165, 1.54) is 12.8 Å². The Labute approximate surface area is 342 Å². The summed E-state index contributed by atoms with van der Waals surface area (Å²) in [6, 6.07) is 0. The molecule has 1 atom stereocenters. The van der Waals surface area contributed by atoms with Crippen molar-refractivity contribution in [1.29, 1.82) is 0 Å². The van der Waals surface area contributed by atoms with Gasteiger partial charge in [-0.25, -0.2) is 0 Å². The zero-order chi connectivity index (χ0) is 40.8. The third kappa shape index (κ3) is 41.0. The first kappa shape index (κ1) is 51.8. The molecule has 56 heavy (non-hydrogen) atoms. The van der Waals surface area contributed by atoms with Crippen LogP contribution >= 0.6 is 0 Å². The van der Waals surface area contributed by atoms with Gasteiger partial charge in [0.05, 0.1) is 0 Å². The van der Waals surface area contributed by atoms with Crippen LogP contribution in [-0.2, 0) is 28.6 Å². The fourth-order valence-corrected chi connectivity index (χ4v) is 5.11. The minimum Gasteiger partial charge on any atom is -0.462 e. The molecule has 0 spiro atoms. The number of allylic oxidation sites excluding steroid dienone is 20. The number of hydrogen-bond acceptors (Lipinski definition) is 6. The van der Waals surface area contributed by atoms with Crippen molar-refractivity contribution in [3.63, 3.8) is 0 Å². The summed E-state index contributed by atoms with van der Waals surface area (Å²) < 4.78 is 16.6. The van der Waals surface area contributed by atoms with Crippen LogP contribution < -0.4 is 0 Å². The monoisotopic (exact) mass is 773 g/mol. The smallest absolute Gasteiger partial charge is 0.306 e. The Morgan fingerprint density at radius 3 is 1.38 bits per heavy atom. The summed E-state index contributed by atoms with van der Waals surface area (Å²) in [5, 5.41) is 0. The van der Waals surface area contributed by atoms with Gasteiger partial charge in [-0.1, -0.05) is 174 Å². The van der Waals surface area contributed by atoms with Gasteiger partial charge in [-0.3, -0.25) is 14.4 Å². The standard InChI is InChI=1S/C50H76O6/c1-4-7-10-13-16-19-22-24-26-28-31-34-37-40-43-49(52)55-46-47(45-54-48(51)42-39-36-33-30-27-21-18-15-12-9-6-3)56-50(53)44-41-38-35-32-29-25-23-20-17-14-11-8-5-2/h7-8,10-11,14-21,23-27,29,32,35,47H,4-6,9,12-13,22,28,30-31,33-34,36-46H2,1-3H3/b10-7-,11-8-,17-14-,18-15-,19-16-,23-20-,26-24-,27-21-,29-25-,35-32-. The van der Waals surface area contributed by atoms with Crippen molar-refractivity contribution in [2.45, 2.75) is 162 Å². The first-order valence-electron chi connectivity index (χ1n) is 21.6. The molecular weight excluding hydrogens is 697 g/mol. The number of hydrogen-bond donors (Lipinski definition) is 0. The predicted octanol–water partition coefficient (Wildman–Crippen LogP) is 13.8. The topological polar surface area (TPSA) is 78.9 Å². The zero-order valence-electron chi connectivity index (χ0n) is 35.3. The number of unbranched alkanes of at least 4 members (excludes halogenated alkanes) is 10. The van der Waals surface area contributed by atoms with Gasteiger partial charge in [0.2, 0.25) is 0 Å². The lowest BCUT2D eigenvalue weighted by atomic mass is 10.1. The zero-order valence-corrected chi connectivity index (χ0v) is 35.3. The second kappa shape index (κ2) is 43.5. The van der Waals surface area contributed by atoms with Gasteiger partial charge in [-0.15, -0.1) is 0 Å². The van der Waals surface area contributed by atoms with E-state index in [0.717, 1.165) is 96.3 Å². The average molecular weight is 773 g/mol. The summed E-state index contributed by atoms with van der Waals surface area (Å²) in [6.07, 6.45) is 59.0. The van der Waals surface area contributed by atoms with Crippen LogP contribution in [0.2, 0.25) is 0 Å². The van der Waals surface area contributed by atoms with Gasteiger partial charge in [-0.05, 0) is 83.5 Å². The van der Waals surface area contributed by atoms with Crippen molar-refractivity contribution in [3.8, 4) is 0 Å². The summed E-state index contributed by atoms with van der Waals surface area (Å²) >= 11 is 0. The molecular formula is C50H76O6. The number of esters is 3. The highest BCUT2D eigenvalue weighted by atomic mass is 16.6. The number of ether oxygens (including phenoxy) is 3. The first-order chi connectivity index (χ1) is 27.5. The van der Waals surface area contributed by atoms with Crippen molar-refractivity contribution in [2.24, 2.45) is 0 Å². The number of carbonyl (C=O) groups is 3. The number of carbonyl (C=O) groups excluding carboxylic acids is 3. The van der Waals surface area contributed by atoms with Gasteiger partial charge in [0.25, 0.3) is 0 Å². The maximum atomic E-state index is 12.7. The predicted molar refractivity (Wildman–Crippen MR) is 237 cm³/mol. The highest BCUT2D eigenvalue weighted by Crippen LogP contribution is 2.10. The van der Waals surface area contributed by atoms with Gasteiger partial charge >= 0.3 is 17.9 Å². The van der Waals surface area contributed by atoms with Crippen molar-refractivity contribution in [1.82, 2.24) is 0 Å². The van der Waals surface area contributed by atoms with E-state index < -0.39 is 12.1 Å². The molecule has 0 aromatic heterocycles. The third-order valence-corrected chi connectivity index (χ3v) is 8.34.